The van der Waals surface area contributed by atoms with Gasteiger partial charge in [-0.05, 0) is 60.5 Å². The third-order valence-electron chi connectivity index (χ3n) is 5.73. The van der Waals surface area contributed by atoms with Crippen molar-refractivity contribution in [3.05, 3.63) is 113 Å². The number of anilines is 2. The van der Waals surface area contributed by atoms with Gasteiger partial charge in [-0.25, -0.2) is 4.68 Å². The number of nitrogens with one attached hydrogen (secondary N) is 2. The molecule has 5 rings (SSSR count). The highest BCUT2D eigenvalue weighted by Crippen LogP contribution is 2.36. The lowest BCUT2D eigenvalue weighted by molar-refractivity contribution is 0.102. The summed E-state index contributed by atoms with van der Waals surface area (Å²) in [5, 5.41) is 11.0. The molecule has 0 bridgehead atoms. The largest absolute Gasteiger partial charge is 0.497 e. The van der Waals surface area contributed by atoms with Gasteiger partial charge in [0.1, 0.15) is 17.1 Å². The van der Waals surface area contributed by atoms with Gasteiger partial charge in [-0.15, -0.1) is 0 Å². The number of amides is 1. The molecule has 1 atom stereocenters. The first kappa shape index (κ1) is 20.6. The number of methoxy groups -OCH3 is 1. The van der Waals surface area contributed by atoms with Gasteiger partial charge in [0.15, 0.2) is 0 Å². The molecule has 2 heterocycles. The second kappa shape index (κ2) is 8.67. The lowest BCUT2D eigenvalue weighted by atomic mass is 10.00. The number of carbonyl (C=O) groups is 1. The molecule has 1 aliphatic heterocycles. The minimum Gasteiger partial charge on any atom is -0.497 e. The Morgan fingerprint density at radius 1 is 1.00 bits per heavy atom. The second-order valence-electron chi connectivity index (χ2n) is 7.96. The van der Waals surface area contributed by atoms with Crippen LogP contribution >= 0.6 is 0 Å². The third-order valence-corrected chi connectivity index (χ3v) is 5.73. The van der Waals surface area contributed by atoms with Crippen molar-refractivity contribution in [2.45, 2.75) is 13.0 Å². The van der Waals surface area contributed by atoms with Crippen LogP contribution in [-0.4, -0.2) is 22.8 Å². The summed E-state index contributed by atoms with van der Waals surface area (Å²) < 4.78 is 7.16. The molecule has 33 heavy (non-hydrogen) atoms. The number of allylic oxidation sites excluding steroid dienone is 1. The summed E-state index contributed by atoms with van der Waals surface area (Å²) in [4.78, 5) is 13.1. The molecule has 3 aromatic carbocycles. The first-order valence-electron chi connectivity index (χ1n) is 10.8. The minimum atomic E-state index is -0.214. The van der Waals surface area contributed by atoms with Gasteiger partial charge >= 0.3 is 0 Å². The first-order chi connectivity index (χ1) is 16.1. The summed E-state index contributed by atoms with van der Waals surface area (Å²) in [5.41, 5.74) is 5.40. The Balaban J connectivity index is 1.55. The Hall–Kier alpha value is -4.32. The van der Waals surface area contributed by atoms with E-state index < -0.39 is 0 Å². The molecule has 0 saturated heterocycles. The quantitative estimate of drug-likeness (QED) is 0.433. The molecule has 0 aliphatic carbocycles. The molecular formula is C27H24N4O2. The second-order valence-corrected chi connectivity index (χ2v) is 7.96. The van der Waals surface area contributed by atoms with Crippen LogP contribution < -0.4 is 15.4 Å². The van der Waals surface area contributed by atoms with E-state index in [-0.39, 0.29) is 11.9 Å². The van der Waals surface area contributed by atoms with Gasteiger partial charge in [0.2, 0.25) is 0 Å². The van der Waals surface area contributed by atoms with E-state index in [4.69, 9.17) is 4.74 Å². The van der Waals surface area contributed by atoms with Crippen molar-refractivity contribution in [1.29, 1.82) is 0 Å². The van der Waals surface area contributed by atoms with Crippen LogP contribution in [-0.2, 0) is 0 Å². The average molecular weight is 437 g/mol. The van der Waals surface area contributed by atoms with Crippen molar-refractivity contribution in [1.82, 2.24) is 9.78 Å². The Morgan fingerprint density at radius 3 is 2.42 bits per heavy atom. The number of hydrogen-bond donors (Lipinski definition) is 2. The smallest absolute Gasteiger partial charge is 0.261 e. The highest BCUT2D eigenvalue weighted by molar-refractivity contribution is 6.08. The maximum absolute atomic E-state index is 13.1. The molecular weight excluding hydrogens is 412 g/mol. The van der Waals surface area contributed by atoms with Gasteiger partial charge in [0, 0.05) is 11.4 Å². The van der Waals surface area contributed by atoms with E-state index in [0.717, 1.165) is 28.3 Å². The standard InChI is InChI=1S/C27H24N4O2/c1-18-8-10-20(11-9-18)25-16-24(19-12-14-22(33-2)15-13-19)30-26-23(17-28-31(25)26)27(32)29-21-6-4-3-5-7-21/h3-17,25,30H,1-2H3,(H,29,32). The lowest BCUT2D eigenvalue weighted by Gasteiger charge is -2.26. The summed E-state index contributed by atoms with van der Waals surface area (Å²) >= 11 is 0. The van der Waals surface area contributed by atoms with E-state index in [1.165, 1.54) is 5.56 Å². The fourth-order valence-corrected chi connectivity index (χ4v) is 3.92. The number of rotatable bonds is 5. The van der Waals surface area contributed by atoms with Gasteiger partial charge in [0.25, 0.3) is 5.91 Å². The first-order valence-corrected chi connectivity index (χ1v) is 10.8. The molecule has 6 nitrogen and oxygen atoms in total. The zero-order valence-electron chi connectivity index (χ0n) is 18.4. The zero-order chi connectivity index (χ0) is 22.8. The van der Waals surface area contributed by atoms with E-state index in [0.29, 0.717) is 11.4 Å². The number of ether oxygens (including phenoxy) is 1. The normalized spacial score (nSPS) is 14.6. The van der Waals surface area contributed by atoms with Crippen LogP contribution in [0.25, 0.3) is 5.70 Å². The van der Waals surface area contributed by atoms with Gasteiger partial charge < -0.3 is 15.4 Å². The van der Waals surface area contributed by atoms with Crippen molar-refractivity contribution in [2.24, 2.45) is 0 Å². The number of hydrogen-bond acceptors (Lipinski definition) is 4. The average Bonchev–Trinajstić information content (AvgIpc) is 3.29. The number of nitrogens with zero attached hydrogens (tertiary/aromatic N) is 2. The number of carbonyl (C=O) groups excluding carboxylic acids is 1. The summed E-state index contributed by atoms with van der Waals surface area (Å²) in [6, 6.07) is 25.5. The van der Waals surface area contributed by atoms with Gasteiger partial charge in [-0.2, -0.15) is 5.10 Å². The fourth-order valence-electron chi connectivity index (χ4n) is 3.92. The Labute approximate surface area is 192 Å². The summed E-state index contributed by atoms with van der Waals surface area (Å²) in [6.07, 6.45) is 3.75. The highest BCUT2D eigenvalue weighted by atomic mass is 16.5. The Morgan fingerprint density at radius 2 is 1.73 bits per heavy atom. The minimum absolute atomic E-state index is 0.155. The molecule has 6 heteroatoms. The van der Waals surface area contributed by atoms with Crippen molar-refractivity contribution < 1.29 is 9.53 Å². The highest BCUT2D eigenvalue weighted by Gasteiger charge is 2.28. The van der Waals surface area contributed by atoms with Crippen molar-refractivity contribution in [2.75, 3.05) is 17.7 Å². The topological polar surface area (TPSA) is 68.2 Å². The van der Waals surface area contributed by atoms with Gasteiger partial charge in [-0.1, -0.05) is 48.0 Å². The molecule has 0 fully saturated rings. The fraction of sp³-hybridized carbons (Fsp3) is 0.111. The van der Waals surface area contributed by atoms with Crippen LogP contribution in [0.1, 0.15) is 33.1 Å². The van der Waals surface area contributed by atoms with Gasteiger partial charge in [-0.3, -0.25) is 4.79 Å². The SMILES string of the molecule is COc1ccc(C2=CC(c3ccc(C)cc3)n3ncc(C(=O)Nc4ccccc4)c3N2)cc1. The van der Waals surface area contributed by atoms with E-state index >= 15 is 0 Å². The molecule has 0 radical (unpaired) electrons. The van der Waals surface area contributed by atoms with Gasteiger partial charge in [0.05, 0.1) is 19.3 Å². The maximum atomic E-state index is 13.1. The van der Waals surface area contributed by atoms with Crippen LogP contribution in [0.2, 0.25) is 0 Å². The maximum Gasteiger partial charge on any atom is 0.261 e. The van der Waals surface area contributed by atoms with Crippen LogP contribution in [0, 0.1) is 6.92 Å². The van der Waals surface area contributed by atoms with Crippen molar-refractivity contribution in [3.8, 4) is 5.75 Å². The predicted molar refractivity (Wildman–Crippen MR) is 131 cm³/mol. The number of para-hydroxylation sites is 1. The number of aromatic nitrogens is 2. The monoisotopic (exact) mass is 436 g/mol. The predicted octanol–water partition coefficient (Wildman–Crippen LogP) is 5.51. The molecule has 1 unspecified atom stereocenters. The molecule has 1 amide bonds. The van der Waals surface area contributed by atoms with Crippen molar-refractivity contribution in [3.63, 3.8) is 0 Å². The van der Waals surface area contributed by atoms with Crippen molar-refractivity contribution >= 4 is 23.1 Å². The van der Waals surface area contributed by atoms with Crippen LogP contribution in [0.5, 0.6) is 5.75 Å². The van der Waals surface area contributed by atoms with E-state index in [9.17, 15) is 4.79 Å². The number of fused-ring (bicyclic) bond motifs is 1. The molecule has 4 aromatic rings. The Bertz CT molecular complexity index is 1310. The van der Waals surface area contributed by atoms with Crippen LogP contribution in [0.4, 0.5) is 11.5 Å². The van der Waals surface area contributed by atoms with Crippen LogP contribution in [0.15, 0.2) is 91.1 Å². The zero-order valence-corrected chi connectivity index (χ0v) is 18.4. The molecule has 1 aliphatic rings. The van der Waals surface area contributed by atoms with E-state index in [1.807, 2.05) is 59.3 Å². The molecule has 0 spiro atoms. The molecule has 0 saturated carbocycles. The lowest BCUT2D eigenvalue weighted by Crippen LogP contribution is -2.22. The third kappa shape index (κ3) is 4.11. The molecule has 2 N–H and O–H groups in total. The number of aryl methyl sites for hydroxylation is 1. The van der Waals surface area contributed by atoms with E-state index in [1.54, 1.807) is 13.3 Å². The molecule has 1 aromatic heterocycles. The summed E-state index contributed by atoms with van der Waals surface area (Å²) in [5.74, 6) is 1.23. The van der Waals surface area contributed by atoms with Crippen LogP contribution in [0.3, 0.4) is 0 Å². The molecule has 164 valence electrons. The van der Waals surface area contributed by atoms with E-state index in [2.05, 4.69) is 53.0 Å². The Kier molecular flexibility index (Phi) is 5.40. The summed E-state index contributed by atoms with van der Waals surface area (Å²) in [7, 11) is 1.65. The number of benzene rings is 3. The summed E-state index contributed by atoms with van der Waals surface area (Å²) in [6.45, 7) is 2.07.